The molecule has 120 valence electrons. The lowest BCUT2D eigenvalue weighted by Gasteiger charge is -2.14. The van der Waals surface area contributed by atoms with Crippen molar-refractivity contribution >= 4 is 28.5 Å². The molecule has 1 N–H and O–H groups in total. The predicted octanol–water partition coefficient (Wildman–Crippen LogP) is 3.27. The monoisotopic (exact) mass is 331 g/mol. The van der Waals surface area contributed by atoms with Crippen LogP contribution in [0.1, 0.15) is 36.1 Å². The van der Waals surface area contributed by atoms with Crippen molar-refractivity contribution in [2.45, 2.75) is 26.4 Å². The number of rotatable bonds is 4. The molecule has 0 bridgehead atoms. The van der Waals surface area contributed by atoms with Gasteiger partial charge >= 0.3 is 0 Å². The van der Waals surface area contributed by atoms with Crippen molar-refractivity contribution < 1.29 is 4.79 Å². The molecule has 1 amide bonds. The number of amides is 1. The summed E-state index contributed by atoms with van der Waals surface area (Å²) in [6.45, 7) is 4.42. The van der Waals surface area contributed by atoms with Crippen LogP contribution < -0.4 is 0 Å². The van der Waals surface area contributed by atoms with Crippen LogP contribution in [0.25, 0.3) is 11.0 Å². The molecular weight excluding hydrogens is 314 g/mol. The third-order valence-corrected chi connectivity index (χ3v) is 3.84. The van der Waals surface area contributed by atoms with Crippen LogP contribution in [0.3, 0.4) is 0 Å². The van der Waals surface area contributed by atoms with E-state index in [9.17, 15) is 4.79 Å². The molecule has 7 heteroatoms. The number of benzene rings is 1. The number of nitrogens with zero attached hydrogens (tertiary/aromatic N) is 4. The zero-order valence-corrected chi connectivity index (χ0v) is 14.0. The van der Waals surface area contributed by atoms with Crippen molar-refractivity contribution in [3.8, 4) is 0 Å². The number of halogens is 1. The summed E-state index contributed by atoms with van der Waals surface area (Å²) in [5.41, 5.74) is 2.26. The highest BCUT2D eigenvalue weighted by Gasteiger charge is 2.16. The molecule has 0 radical (unpaired) electrons. The van der Waals surface area contributed by atoms with Crippen LogP contribution in [0, 0.1) is 0 Å². The van der Waals surface area contributed by atoms with Gasteiger partial charge in [0.1, 0.15) is 5.82 Å². The number of H-pyrrole nitrogens is 1. The molecular formula is C16H18ClN5O. The first-order valence-corrected chi connectivity index (χ1v) is 7.75. The summed E-state index contributed by atoms with van der Waals surface area (Å²) in [4.78, 5) is 21.7. The van der Waals surface area contributed by atoms with E-state index in [4.69, 9.17) is 11.6 Å². The van der Waals surface area contributed by atoms with Crippen molar-refractivity contribution in [1.82, 2.24) is 24.6 Å². The molecule has 23 heavy (non-hydrogen) atoms. The number of fused-ring (bicyclic) bond motifs is 1. The van der Waals surface area contributed by atoms with Crippen molar-refractivity contribution in [2.24, 2.45) is 0 Å². The number of aromatic amines is 1. The minimum absolute atomic E-state index is 0.0876. The second kappa shape index (κ2) is 6.04. The number of imidazole rings is 1. The Balaban J connectivity index is 1.76. The van der Waals surface area contributed by atoms with E-state index >= 15 is 0 Å². The fourth-order valence-electron chi connectivity index (χ4n) is 2.36. The van der Waals surface area contributed by atoms with Gasteiger partial charge in [0, 0.05) is 24.3 Å². The SMILES string of the molecule is CC(C)n1cc(C(=O)N(C)Cc2nc3ccc(Cl)cc3[nH]2)cn1. The van der Waals surface area contributed by atoms with Gasteiger partial charge in [0.05, 0.1) is 29.3 Å². The highest BCUT2D eigenvalue weighted by atomic mass is 35.5. The maximum absolute atomic E-state index is 12.5. The first-order valence-electron chi connectivity index (χ1n) is 7.38. The van der Waals surface area contributed by atoms with Crippen molar-refractivity contribution in [3.05, 3.63) is 47.0 Å². The van der Waals surface area contributed by atoms with Crippen LogP contribution in [0.5, 0.6) is 0 Å². The molecule has 3 rings (SSSR count). The summed E-state index contributed by atoms with van der Waals surface area (Å²) < 4.78 is 1.77. The molecule has 0 atom stereocenters. The van der Waals surface area contributed by atoms with Gasteiger partial charge in [-0.3, -0.25) is 9.48 Å². The van der Waals surface area contributed by atoms with Crippen LogP contribution >= 0.6 is 11.6 Å². The second-order valence-electron chi connectivity index (χ2n) is 5.81. The molecule has 0 saturated heterocycles. The van der Waals surface area contributed by atoms with Crippen LogP contribution in [-0.4, -0.2) is 37.6 Å². The van der Waals surface area contributed by atoms with E-state index in [0.717, 1.165) is 16.9 Å². The first-order chi connectivity index (χ1) is 10.9. The summed E-state index contributed by atoms with van der Waals surface area (Å²) >= 11 is 5.97. The number of carbonyl (C=O) groups excluding carboxylic acids is 1. The number of nitrogens with one attached hydrogen (secondary N) is 1. The van der Waals surface area contributed by atoms with Crippen LogP contribution in [0.4, 0.5) is 0 Å². The molecule has 0 fully saturated rings. The van der Waals surface area contributed by atoms with E-state index in [1.54, 1.807) is 35.1 Å². The fraction of sp³-hybridized carbons (Fsp3) is 0.312. The van der Waals surface area contributed by atoms with Crippen molar-refractivity contribution in [3.63, 3.8) is 0 Å². The maximum Gasteiger partial charge on any atom is 0.257 e. The smallest absolute Gasteiger partial charge is 0.257 e. The Morgan fingerprint density at radius 1 is 1.43 bits per heavy atom. The van der Waals surface area contributed by atoms with Crippen LogP contribution in [-0.2, 0) is 6.54 Å². The van der Waals surface area contributed by atoms with E-state index in [1.807, 2.05) is 26.0 Å². The zero-order chi connectivity index (χ0) is 16.6. The molecule has 0 aliphatic rings. The third-order valence-electron chi connectivity index (χ3n) is 3.60. The van der Waals surface area contributed by atoms with Gasteiger partial charge < -0.3 is 9.88 Å². The summed E-state index contributed by atoms with van der Waals surface area (Å²) in [6, 6.07) is 5.69. The van der Waals surface area contributed by atoms with Gasteiger partial charge in [-0.1, -0.05) is 11.6 Å². The lowest BCUT2D eigenvalue weighted by Crippen LogP contribution is -2.26. The van der Waals surface area contributed by atoms with Crippen LogP contribution in [0.2, 0.25) is 5.02 Å². The molecule has 0 aliphatic heterocycles. The normalized spacial score (nSPS) is 11.3. The van der Waals surface area contributed by atoms with Gasteiger partial charge in [0.15, 0.2) is 0 Å². The summed E-state index contributed by atoms with van der Waals surface area (Å²) in [5.74, 6) is 0.629. The van der Waals surface area contributed by atoms with E-state index in [-0.39, 0.29) is 11.9 Å². The molecule has 0 unspecified atom stereocenters. The molecule has 6 nitrogen and oxygen atoms in total. The topological polar surface area (TPSA) is 66.8 Å². The summed E-state index contributed by atoms with van der Waals surface area (Å²) in [7, 11) is 1.75. The van der Waals surface area contributed by atoms with Crippen molar-refractivity contribution in [2.75, 3.05) is 7.05 Å². The van der Waals surface area contributed by atoms with E-state index in [1.165, 1.54) is 0 Å². The van der Waals surface area contributed by atoms with Crippen molar-refractivity contribution in [1.29, 1.82) is 0 Å². The van der Waals surface area contributed by atoms with Gasteiger partial charge in [0.25, 0.3) is 5.91 Å². The maximum atomic E-state index is 12.5. The van der Waals surface area contributed by atoms with Crippen LogP contribution in [0.15, 0.2) is 30.6 Å². The minimum Gasteiger partial charge on any atom is -0.340 e. The van der Waals surface area contributed by atoms with E-state index < -0.39 is 0 Å². The van der Waals surface area contributed by atoms with Gasteiger partial charge in [0.2, 0.25) is 0 Å². The molecule has 1 aromatic carbocycles. The summed E-state index contributed by atoms with van der Waals surface area (Å²) in [5, 5.41) is 4.85. The average molecular weight is 332 g/mol. The predicted molar refractivity (Wildman–Crippen MR) is 89.5 cm³/mol. The molecule has 3 aromatic rings. The van der Waals surface area contributed by atoms with Gasteiger partial charge in [-0.2, -0.15) is 5.10 Å². The summed E-state index contributed by atoms with van der Waals surface area (Å²) in [6.07, 6.45) is 3.36. The minimum atomic E-state index is -0.0876. The molecule has 0 aliphatic carbocycles. The first kappa shape index (κ1) is 15.6. The Bertz CT molecular complexity index is 851. The quantitative estimate of drug-likeness (QED) is 0.798. The molecule has 0 spiro atoms. The lowest BCUT2D eigenvalue weighted by molar-refractivity contribution is 0.0782. The standard InChI is InChI=1S/C16H18ClN5O/c1-10(2)22-8-11(7-18-22)16(23)21(3)9-15-19-13-5-4-12(17)6-14(13)20-15/h4-8,10H,9H2,1-3H3,(H,19,20). The van der Waals surface area contributed by atoms with Gasteiger partial charge in [-0.05, 0) is 32.0 Å². The molecule has 2 heterocycles. The average Bonchev–Trinajstić information content (AvgIpc) is 3.12. The Kier molecular flexibility index (Phi) is 4.09. The zero-order valence-electron chi connectivity index (χ0n) is 13.2. The number of aromatic nitrogens is 4. The Morgan fingerprint density at radius 2 is 2.22 bits per heavy atom. The molecule has 2 aromatic heterocycles. The Morgan fingerprint density at radius 3 is 2.91 bits per heavy atom. The number of carbonyl (C=O) groups is 1. The number of hydrogen-bond acceptors (Lipinski definition) is 3. The van der Waals surface area contributed by atoms with Gasteiger partial charge in [-0.15, -0.1) is 0 Å². The third kappa shape index (κ3) is 3.22. The molecule has 0 saturated carbocycles. The Hall–Kier alpha value is -2.34. The van der Waals surface area contributed by atoms with Gasteiger partial charge in [-0.25, -0.2) is 4.98 Å². The van der Waals surface area contributed by atoms with E-state index in [0.29, 0.717) is 17.1 Å². The largest absolute Gasteiger partial charge is 0.340 e. The highest BCUT2D eigenvalue weighted by molar-refractivity contribution is 6.31. The lowest BCUT2D eigenvalue weighted by atomic mass is 10.3. The fourth-order valence-corrected chi connectivity index (χ4v) is 2.53. The van der Waals surface area contributed by atoms with E-state index in [2.05, 4.69) is 15.1 Å². The highest BCUT2D eigenvalue weighted by Crippen LogP contribution is 2.18. The second-order valence-corrected chi connectivity index (χ2v) is 6.25. The Labute approximate surface area is 139 Å². The number of hydrogen-bond donors (Lipinski definition) is 1.